The molecule has 2 rings (SSSR count). The fourth-order valence-electron chi connectivity index (χ4n) is 2.64. The van der Waals surface area contributed by atoms with Crippen LogP contribution in [0.15, 0.2) is 22.7 Å². The molecule has 0 unspecified atom stereocenters. The molecule has 1 aromatic rings. The molecular weight excluding hydrogens is 330 g/mol. The lowest BCUT2D eigenvalue weighted by molar-refractivity contribution is -0.122. The molecule has 0 saturated carbocycles. The smallest absolute Gasteiger partial charge is 0.220 e. The Balaban J connectivity index is 1.99. The molecule has 1 aromatic carbocycles. The van der Waals surface area contributed by atoms with Crippen molar-refractivity contribution in [2.24, 2.45) is 11.7 Å². The SMILES string of the molecule is CC(C)NCc1ccc(N2CCC(C(N)=O)CC2)c(Br)c1. The first-order chi connectivity index (χ1) is 9.97. The number of carbonyl (C=O) groups excluding carboxylic acids is 1. The van der Waals surface area contributed by atoms with Gasteiger partial charge in [0.2, 0.25) is 5.91 Å². The molecule has 0 aromatic heterocycles. The number of carbonyl (C=O) groups is 1. The van der Waals surface area contributed by atoms with Gasteiger partial charge >= 0.3 is 0 Å². The molecule has 0 atom stereocenters. The van der Waals surface area contributed by atoms with E-state index in [2.05, 4.69) is 58.2 Å². The maximum Gasteiger partial charge on any atom is 0.220 e. The van der Waals surface area contributed by atoms with Crippen molar-refractivity contribution in [3.05, 3.63) is 28.2 Å². The van der Waals surface area contributed by atoms with Crippen LogP contribution in [0.4, 0.5) is 5.69 Å². The van der Waals surface area contributed by atoms with Gasteiger partial charge in [0.05, 0.1) is 5.69 Å². The number of piperidine rings is 1. The van der Waals surface area contributed by atoms with Crippen LogP contribution in [-0.4, -0.2) is 25.0 Å². The van der Waals surface area contributed by atoms with Crippen molar-refractivity contribution in [1.29, 1.82) is 0 Å². The van der Waals surface area contributed by atoms with Crippen molar-refractivity contribution in [3.8, 4) is 0 Å². The molecule has 0 spiro atoms. The van der Waals surface area contributed by atoms with E-state index in [0.29, 0.717) is 6.04 Å². The summed E-state index contributed by atoms with van der Waals surface area (Å²) in [6.07, 6.45) is 1.69. The average Bonchev–Trinajstić information content (AvgIpc) is 2.45. The molecule has 0 bridgehead atoms. The second-order valence-corrected chi connectivity index (χ2v) is 6.84. The lowest BCUT2D eigenvalue weighted by Crippen LogP contribution is -2.38. The highest BCUT2D eigenvalue weighted by Crippen LogP contribution is 2.30. The Morgan fingerprint density at radius 3 is 2.62 bits per heavy atom. The number of nitrogens with two attached hydrogens (primary N) is 1. The minimum atomic E-state index is -0.163. The van der Waals surface area contributed by atoms with Gasteiger partial charge in [0, 0.05) is 36.1 Å². The molecule has 116 valence electrons. The third kappa shape index (κ3) is 4.45. The molecule has 3 N–H and O–H groups in total. The zero-order valence-corrected chi connectivity index (χ0v) is 14.3. The minimum absolute atomic E-state index is 0.0366. The zero-order chi connectivity index (χ0) is 15.4. The molecule has 21 heavy (non-hydrogen) atoms. The topological polar surface area (TPSA) is 58.4 Å². The van der Waals surface area contributed by atoms with Gasteiger partial charge in [0.25, 0.3) is 0 Å². The predicted octanol–water partition coefficient (Wildman–Crippen LogP) is 2.65. The van der Waals surface area contributed by atoms with Crippen molar-refractivity contribution in [2.75, 3.05) is 18.0 Å². The Morgan fingerprint density at radius 1 is 1.43 bits per heavy atom. The highest BCUT2D eigenvalue weighted by atomic mass is 79.9. The number of nitrogens with zero attached hydrogens (tertiary/aromatic N) is 1. The third-order valence-electron chi connectivity index (χ3n) is 3.96. The van der Waals surface area contributed by atoms with Crippen LogP contribution < -0.4 is 16.0 Å². The molecule has 1 amide bonds. The van der Waals surface area contributed by atoms with E-state index in [4.69, 9.17) is 5.73 Å². The molecule has 1 saturated heterocycles. The Labute approximate surface area is 135 Å². The Hall–Kier alpha value is -1.07. The van der Waals surface area contributed by atoms with Crippen LogP contribution >= 0.6 is 15.9 Å². The van der Waals surface area contributed by atoms with Gasteiger partial charge in [-0.05, 0) is 46.5 Å². The lowest BCUT2D eigenvalue weighted by atomic mass is 9.96. The quantitative estimate of drug-likeness (QED) is 0.855. The number of benzene rings is 1. The maximum atomic E-state index is 11.2. The molecule has 4 nitrogen and oxygen atoms in total. The molecule has 0 aliphatic carbocycles. The van der Waals surface area contributed by atoms with Gasteiger partial charge in [-0.15, -0.1) is 0 Å². The van der Waals surface area contributed by atoms with Crippen molar-refractivity contribution in [3.63, 3.8) is 0 Å². The van der Waals surface area contributed by atoms with Crippen molar-refractivity contribution < 1.29 is 4.79 Å². The summed E-state index contributed by atoms with van der Waals surface area (Å²) in [5.74, 6) is -0.127. The summed E-state index contributed by atoms with van der Waals surface area (Å²) in [7, 11) is 0. The minimum Gasteiger partial charge on any atom is -0.371 e. The molecular formula is C16H24BrN3O. The van der Waals surface area contributed by atoms with Gasteiger partial charge in [0.15, 0.2) is 0 Å². The van der Waals surface area contributed by atoms with Crippen molar-refractivity contribution in [2.45, 2.75) is 39.3 Å². The van der Waals surface area contributed by atoms with Gasteiger partial charge < -0.3 is 16.0 Å². The summed E-state index contributed by atoms with van der Waals surface area (Å²) in [5, 5.41) is 3.42. The van der Waals surface area contributed by atoms with E-state index in [1.54, 1.807) is 0 Å². The summed E-state index contributed by atoms with van der Waals surface area (Å²) >= 11 is 3.67. The lowest BCUT2D eigenvalue weighted by Gasteiger charge is -2.33. The molecule has 1 fully saturated rings. The van der Waals surface area contributed by atoms with Crippen LogP contribution in [0.1, 0.15) is 32.3 Å². The van der Waals surface area contributed by atoms with Crippen LogP contribution in [0, 0.1) is 5.92 Å². The van der Waals surface area contributed by atoms with Crippen molar-refractivity contribution in [1.82, 2.24) is 5.32 Å². The van der Waals surface area contributed by atoms with E-state index in [-0.39, 0.29) is 11.8 Å². The number of hydrogen-bond acceptors (Lipinski definition) is 3. The Bertz CT molecular complexity index is 496. The van der Waals surface area contributed by atoms with Crippen LogP contribution in [0.25, 0.3) is 0 Å². The molecule has 0 radical (unpaired) electrons. The number of hydrogen-bond donors (Lipinski definition) is 2. The van der Waals surface area contributed by atoms with Gasteiger partial charge in [0.1, 0.15) is 0 Å². The molecule has 1 heterocycles. The number of anilines is 1. The van der Waals surface area contributed by atoms with E-state index < -0.39 is 0 Å². The number of halogens is 1. The van der Waals surface area contributed by atoms with E-state index >= 15 is 0 Å². The number of primary amides is 1. The Kier molecular flexibility index (Phi) is 5.65. The van der Waals surface area contributed by atoms with Gasteiger partial charge in [-0.25, -0.2) is 0 Å². The van der Waals surface area contributed by atoms with E-state index in [1.807, 2.05) is 0 Å². The van der Waals surface area contributed by atoms with Crippen LogP contribution in [0.5, 0.6) is 0 Å². The number of nitrogens with one attached hydrogen (secondary N) is 1. The largest absolute Gasteiger partial charge is 0.371 e. The summed E-state index contributed by atoms with van der Waals surface area (Å²) in [5.41, 5.74) is 7.86. The van der Waals surface area contributed by atoms with Crippen molar-refractivity contribution >= 4 is 27.5 Å². The monoisotopic (exact) mass is 353 g/mol. The van der Waals surface area contributed by atoms with Gasteiger partial charge in [-0.1, -0.05) is 19.9 Å². The van der Waals surface area contributed by atoms with Crippen LogP contribution in [0.3, 0.4) is 0 Å². The fourth-order valence-corrected chi connectivity index (χ4v) is 3.32. The first-order valence-electron chi connectivity index (χ1n) is 7.53. The average molecular weight is 354 g/mol. The first kappa shape index (κ1) is 16.3. The highest BCUT2D eigenvalue weighted by molar-refractivity contribution is 9.10. The zero-order valence-electron chi connectivity index (χ0n) is 12.7. The second-order valence-electron chi connectivity index (χ2n) is 5.99. The fraction of sp³-hybridized carbons (Fsp3) is 0.562. The van der Waals surface area contributed by atoms with Crippen LogP contribution in [-0.2, 0) is 11.3 Å². The number of amides is 1. The summed E-state index contributed by atoms with van der Waals surface area (Å²) in [4.78, 5) is 13.5. The van der Waals surface area contributed by atoms with E-state index in [1.165, 1.54) is 11.3 Å². The third-order valence-corrected chi connectivity index (χ3v) is 4.60. The number of rotatable bonds is 5. The standard InChI is InChI=1S/C16H24BrN3O/c1-11(2)19-10-12-3-4-15(14(17)9-12)20-7-5-13(6-8-20)16(18)21/h3-4,9,11,13,19H,5-8,10H2,1-2H3,(H2,18,21). The van der Waals surface area contributed by atoms with E-state index in [9.17, 15) is 4.79 Å². The summed E-state index contributed by atoms with van der Waals surface area (Å²) < 4.78 is 1.11. The Morgan fingerprint density at radius 2 is 2.10 bits per heavy atom. The van der Waals surface area contributed by atoms with E-state index in [0.717, 1.165) is 36.9 Å². The predicted molar refractivity (Wildman–Crippen MR) is 90.2 cm³/mol. The molecule has 1 aliphatic heterocycles. The normalized spacial score (nSPS) is 16.5. The summed E-state index contributed by atoms with van der Waals surface area (Å²) in [6.45, 7) is 6.94. The highest BCUT2D eigenvalue weighted by Gasteiger charge is 2.24. The van der Waals surface area contributed by atoms with Crippen LogP contribution in [0.2, 0.25) is 0 Å². The summed E-state index contributed by atoms with van der Waals surface area (Å²) in [6, 6.07) is 6.98. The molecule has 5 heteroatoms. The van der Waals surface area contributed by atoms with Gasteiger partial charge in [-0.3, -0.25) is 4.79 Å². The van der Waals surface area contributed by atoms with Gasteiger partial charge in [-0.2, -0.15) is 0 Å². The molecule has 1 aliphatic rings. The first-order valence-corrected chi connectivity index (χ1v) is 8.32. The second kappa shape index (κ2) is 7.27. The maximum absolute atomic E-state index is 11.2.